The highest BCUT2D eigenvalue weighted by Crippen LogP contribution is 2.18. The van der Waals surface area contributed by atoms with Crippen molar-refractivity contribution in [1.29, 1.82) is 0 Å². The van der Waals surface area contributed by atoms with E-state index < -0.39 is 0 Å². The van der Waals surface area contributed by atoms with Gasteiger partial charge in [-0.05, 0) is 19.3 Å². The summed E-state index contributed by atoms with van der Waals surface area (Å²) in [7, 11) is 0. The first kappa shape index (κ1) is 17.2. The third-order valence-corrected chi connectivity index (χ3v) is 3.99. The Bertz CT molecular complexity index is 601. The van der Waals surface area contributed by atoms with E-state index >= 15 is 0 Å². The van der Waals surface area contributed by atoms with Crippen LogP contribution in [0.25, 0.3) is 11.4 Å². The number of aromatic nitrogens is 2. The molecule has 3 nitrogen and oxygen atoms in total. The molecule has 0 spiro atoms. The number of unbranched alkanes of at least 4 members (excludes halogenated alkanes) is 6. The molecule has 1 aromatic heterocycles. The van der Waals surface area contributed by atoms with Crippen molar-refractivity contribution in [2.24, 2.45) is 0 Å². The van der Waals surface area contributed by atoms with Gasteiger partial charge in [-0.25, -0.2) is 4.98 Å². The van der Waals surface area contributed by atoms with Gasteiger partial charge in [-0.15, -0.1) is 6.58 Å². The van der Waals surface area contributed by atoms with Gasteiger partial charge >= 0.3 is 0 Å². The van der Waals surface area contributed by atoms with Crippen LogP contribution in [0, 0.1) is 0 Å². The molecule has 0 saturated heterocycles. The predicted molar refractivity (Wildman–Crippen MR) is 95.4 cm³/mol. The number of imidazole rings is 1. The molecule has 0 unspecified atom stereocenters. The highest BCUT2D eigenvalue weighted by Gasteiger charge is 2.11. The Labute approximate surface area is 139 Å². The minimum atomic E-state index is 0.132. The van der Waals surface area contributed by atoms with E-state index in [1.165, 1.54) is 25.7 Å². The molecule has 0 bridgehead atoms. The Kier molecular flexibility index (Phi) is 7.31. The second-order valence-corrected chi connectivity index (χ2v) is 5.83. The van der Waals surface area contributed by atoms with Gasteiger partial charge < -0.3 is 0 Å². The second kappa shape index (κ2) is 9.78. The van der Waals surface area contributed by atoms with Gasteiger partial charge in [0.15, 0.2) is 0 Å². The molecule has 3 heteroatoms. The van der Waals surface area contributed by atoms with E-state index in [1.54, 1.807) is 17.0 Å². The number of hydrogen-bond donors (Lipinski definition) is 0. The molecule has 1 heterocycles. The molecular weight excluding hydrogens is 284 g/mol. The van der Waals surface area contributed by atoms with Crippen molar-refractivity contribution in [1.82, 2.24) is 9.55 Å². The quantitative estimate of drug-likeness (QED) is 0.429. The molecule has 0 atom stereocenters. The van der Waals surface area contributed by atoms with Crippen LogP contribution >= 0.6 is 0 Å². The molecule has 2 aromatic rings. The standard InChI is InChI=1S/C20H26N2O/c1-2-3-4-5-6-7-8-12-15-19(23)22-17-16-21-20(22)18-13-10-9-11-14-18/h2,9-11,13-14,16-17H,1,3-8,12,15H2. The summed E-state index contributed by atoms with van der Waals surface area (Å²) in [5.74, 6) is 0.869. The summed E-state index contributed by atoms with van der Waals surface area (Å²) in [5, 5.41) is 0. The van der Waals surface area contributed by atoms with Gasteiger partial charge in [0.05, 0.1) is 0 Å². The van der Waals surface area contributed by atoms with Crippen LogP contribution in [0.4, 0.5) is 0 Å². The Morgan fingerprint density at radius 1 is 1.04 bits per heavy atom. The van der Waals surface area contributed by atoms with Crippen molar-refractivity contribution in [2.45, 2.75) is 51.4 Å². The Balaban J connectivity index is 1.75. The number of nitrogens with zero attached hydrogens (tertiary/aromatic N) is 2. The zero-order valence-electron chi connectivity index (χ0n) is 13.8. The minimum absolute atomic E-state index is 0.132. The van der Waals surface area contributed by atoms with Crippen molar-refractivity contribution >= 4 is 5.91 Å². The van der Waals surface area contributed by atoms with Crippen LogP contribution in [0.5, 0.6) is 0 Å². The highest BCUT2D eigenvalue weighted by molar-refractivity contribution is 5.83. The van der Waals surface area contributed by atoms with Gasteiger partial charge in [0.1, 0.15) is 5.82 Å². The smallest absolute Gasteiger partial charge is 0.232 e. The average molecular weight is 310 g/mol. The van der Waals surface area contributed by atoms with Gasteiger partial charge in [-0.1, -0.05) is 62.1 Å². The zero-order chi connectivity index (χ0) is 16.3. The van der Waals surface area contributed by atoms with Crippen LogP contribution in [0.2, 0.25) is 0 Å². The Hall–Kier alpha value is -2.16. The molecule has 0 aliphatic rings. The number of rotatable bonds is 10. The SMILES string of the molecule is C=CCCCCCCCCC(=O)n1ccnc1-c1ccccc1. The van der Waals surface area contributed by atoms with Gasteiger partial charge in [-0.3, -0.25) is 9.36 Å². The molecule has 2 rings (SSSR count). The summed E-state index contributed by atoms with van der Waals surface area (Å²) >= 11 is 0. The van der Waals surface area contributed by atoms with Crippen molar-refractivity contribution in [2.75, 3.05) is 0 Å². The van der Waals surface area contributed by atoms with E-state index in [0.29, 0.717) is 6.42 Å². The predicted octanol–water partition coefficient (Wildman–Crippen LogP) is 5.50. The summed E-state index contributed by atoms with van der Waals surface area (Å²) in [4.78, 5) is 16.7. The summed E-state index contributed by atoms with van der Waals surface area (Å²) in [5.41, 5.74) is 0.980. The lowest BCUT2D eigenvalue weighted by atomic mass is 10.1. The molecule has 122 valence electrons. The molecule has 0 saturated carbocycles. The van der Waals surface area contributed by atoms with E-state index in [1.807, 2.05) is 36.4 Å². The highest BCUT2D eigenvalue weighted by atomic mass is 16.2. The van der Waals surface area contributed by atoms with Gasteiger partial charge in [0.2, 0.25) is 5.91 Å². The number of carbonyl (C=O) groups is 1. The molecule has 0 N–H and O–H groups in total. The lowest BCUT2D eigenvalue weighted by Crippen LogP contribution is -2.10. The fourth-order valence-corrected chi connectivity index (χ4v) is 2.70. The third-order valence-electron chi connectivity index (χ3n) is 3.99. The summed E-state index contributed by atoms with van der Waals surface area (Å²) < 4.78 is 1.68. The van der Waals surface area contributed by atoms with E-state index in [4.69, 9.17) is 0 Å². The normalized spacial score (nSPS) is 10.6. The average Bonchev–Trinajstić information content (AvgIpc) is 3.07. The van der Waals surface area contributed by atoms with Crippen LogP contribution in [0.1, 0.15) is 56.2 Å². The molecule has 23 heavy (non-hydrogen) atoms. The largest absolute Gasteiger partial charge is 0.274 e. The molecule has 0 amide bonds. The fraction of sp³-hybridized carbons (Fsp3) is 0.400. The van der Waals surface area contributed by atoms with Crippen LogP contribution < -0.4 is 0 Å². The van der Waals surface area contributed by atoms with E-state index in [0.717, 1.165) is 30.7 Å². The molecule has 0 fully saturated rings. The number of carbonyl (C=O) groups excluding carboxylic acids is 1. The van der Waals surface area contributed by atoms with Crippen molar-refractivity contribution in [3.05, 3.63) is 55.4 Å². The van der Waals surface area contributed by atoms with Crippen LogP contribution in [0.3, 0.4) is 0 Å². The lowest BCUT2D eigenvalue weighted by Gasteiger charge is -2.07. The van der Waals surface area contributed by atoms with Gasteiger partial charge in [0.25, 0.3) is 0 Å². The molecule has 0 aliphatic carbocycles. The van der Waals surface area contributed by atoms with Crippen LogP contribution in [0.15, 0.2) is 55.4 Å². The molecule has 0 radical (unpaired) electrons. The third kappa shape index (κ3) is 5.51. The lowest BCUT2D eigenvalue weighted by molar-refractivity contribution is 0.0901. The number of allylic oxidation sites excluding steroid dienone is 1. The van der Waals surface area contributed by atoms with Gasteiger partial charge in [-0.2, -0.15) is 0 Å². The monoisotopic (exact) mass is 310 g/mol. The van der Waals surface area contributed by atoms with E-state index in [9.17, 15) is 4.79 Å². The summed E-state index contributed by atoms with van der Waals surface area (Å²) in [6.07, 6.45) is 14.2. The van der Waals surface area contributed by atoms with E-state index in [-0.39, 0.29) is 5.91 Å². The maximum atomic E-state index is 12.4. The minimum Gasteiger partial charge on any atom is -0.274 e. The maximum Gasteiger partial charge on any atom is 0.232 e. The fourth-order valence-electron chi connectivity index (χ4n) is 2.70. The maximum absolute atomic E-state index is 12.4. The first-order valence-electron chi connectivity index (χ1n) is 8.56. The van der Waals surface area contributed by atoms with Gasteiger partial charge in [0, 0.05) is 24.4 Å². The zero-order valence-corrected chi connectivity index (χ0v) is 13.8. The molecular formula is C20H26N2O. The number of benzene rings is 1. The summed E-state index contributed by atoms with van der Waals surface area (Å²) in [6.45, 7) is 3.74. The first-order valence-corrected chi connectivity index (χ1v) is 8.56. The van der Waals surface area contributed by atoms with Crippen molar-refractivity contribution < 1.29 is 4.79 Å². The second-order valence-electron chi connectivity index (χ2n) is 5.83. The van der Waals surface area contributed by atoms with E-state index in [2.05, 4.69) is 11.6 Å². The Morgan fingerprint density at radius 2 is 1.74 bits per heavy atom. The molecule has 0 aliphatic heterocycles. The topological polar surface area (TPSA) is 34.9 Å². The summed E-state index contributed by atoms with van der Waals surface area (Å²) in [6, 6.07) is 9.86. The van der Waals surface area contributed by atoms with Crippen molar-refractivity contribution in [3.8, 4) is 11.4 Å². The Morgan fingerprint density at radius 3 is 2.48 bits per heavy atom. The van der Waals surface area contributed by atoms with Crippen molar-refractivity contribution in [3.63, 3.8) is 0 Å². The number of hydrogen-bond acceptors (Lipinski definition) is 2. The molecule has 1 aromatic carbocycles. The first-order chi connectivity index (χ1) is 11.3. The van der Waals surface area contributed by atoms with Crippen LogP contribution in [-0.2, 0) is 0 Å². The van der Waals surface area contributed by atoms with Crippen LogP contribution in [-0.4, -0.2) is 15.5 Å².